The van der Waals surface area contributed by atoms with Crippen molar-refractivity contribution in [1.29, 1.82) is 0 Å². The summed E-state index contributed by atoms with van der Waals surface area (Å²) in [4.78, 5) is 16.1. The number of esters is 1. The molecular formula is C15H22BrFN2O3S. The van der Waals surface area contributed by atoms with E-state index in [4.69, 9.17) is 4.74 Å². The molecule has 0 aliphatic carbocycles. The zero-order chi connectivity index (χ0) is 17.8. The molecule has 5 nitrogen and oxygen atoms in total. The van der Waals surface area contributed by atoms with Gasteiger partial charge in [0.05, 0.1) is 13.0 Å². The maximum Gasteiger partial charge on any atom is 0.308 e. The summed E-state index contributed by atoms with van der Waals surface area (Å²) in [5.41, 5.74) is -1.25. The monoisotopic (exact) mass is 408 g/mol. The molecule has 0 unspecified atom stereocenters. The summed E-state index contributed by atoms with van der Waals surface area (Å²) in [6.45, 7) is 8.84. The van der Waals surface area contributed by atoms with Crippen LogP contribution in [0, 0.1) is 5.82 Å². The molecule has 0 fully saturated rings. The topological polar surface area (TPSA) is 74.3 Å². The molecule has 0 spiro atoms. The molecule has 0 saturated carbocycles. The third-order valence-electron chi connectivity index (χ3n) is 3.01. The summed E-state index contributed by atoms with van der Waals surface area (Å²) in [5.74, 6) is -1.10. The van der Waals surface area contributed by atoms with Crippen LogP contribution in [-0.4, -0.2) is 26.9 Å². The lowest BCUT2D eigenvalue weighted by molar-refractivity contribution is -0.144. The molecular weight excluding hydrogens is 387 g/mol. The van der Waals surface area contributed by atoms with E-state index in [1.54, 1.807) is 34.6 Å². The Labute approximate surface area is 147 Å². The number of pyridine rings is 1. The van der Waals surface area contributed by atoms with Gasteiger partial charge in [-0.3, -0.25) is 4.79 Å². The lowest BCUT2D eigenvalue weighted by Crippen LogP contribution is -2.51. The average molecular weight is 409 g/mol. The highest BCUT2D eigenvalue weighted by molar-refractivity contribution is 9.10. The second-order valence-electron chi connectivity index (χ2n) is 6.26. The molecule has 0 bridgehead atoms. The predicted molar refractivity (Wildman–Crippen MR) is 91.5 cm³/mol. The van der Waals surface area contributed by atoms with E-state index in [0.717, 1.165) is 0 Å². The van der Waals surface area contributed by atoms with Crippen LogP contribution >= 0.6 is 15.9 Å². The Morgan fingerprint density at radius 2 is 2.04 bits per heavy atom. The van der Waals surface area contributed by atoms with Crippen LogP contribution in [0.25, 0.3) is 0 Å². The number of carbonyl (C=O) groups is 1. The number of ether oxygens (including phenoxy) is 1. The van der Waals surface area contributed by atoms with Crippen LogP contribution in [0.2, 0.25) is 0 Å². The van der Waals surface area contributed by atoms with Crippen molar-refractivity contribution in [3.8, 4) is 0 Å². The second kappa shape index (κ2) is 7.92. The predicted octanol–water partition coefficient (Wildman–Crippen LogP) is 3.20. The van der Waals surface area contributed by atoms with Crippen molar-refractivity contribution in [3.63, 3.8) is 0 Å². The van der Waals surface area contributed by atoms with Crippen molar-refractivity contribution in [3.05, 3.63) is 28.2 Å². The van der Waals surface area contributed by atoms with Gasteiger partial charge in [-0.15, -0.1) is 4.72 Å². The molecule has 0 radical (unpaired) electrons. The maximum absolute atomic E-state index is 14.3. The van der Waals surface area contributed by atoms with Gasteiger partial charge in [0, 0.05) is 11.4 Å². The molecule has 0 aromatic carbocycles. The number of nitrogens with zero attached hydrogens (tertiary/aromatic N) is 1. The maximum atomic E-state index is 14.3. The number of halogens is 2. The van der Waals surface area contributed by atoms with Crippen LogP contribution < -0.4 is 4.72 Å². The fourth-order valence-corrected chi connectivity index (χ4v) is 3.03. The minimum atomic E-state index is -1.52. The number of aromatic nitrogens is 1. The summed E-state index contributed by atoms with van der Waals surface area (Å²) in [6.07, 6.45) is -0.191. The Bertz CT molecular complexity index is 568. The summed E-state index contributed by atoms with van der Waals surface area (Å²) in [7, 11) is 0. The molecule has 1 aromatic heterocycles. The van der Waals surface area contributed by atoms with Crippen LogP contribution in [0.3, 0.4) is 0 Å². The quantitative estimate of drug-likeness (QED) is 0.444. The van der Waals surface area contributed by atoms with Gasteiger partial charge in [0.1, 0.15) is 26.4 Å². The Balaban J connectivity index is 3.24. The van der Waals surface area contributed by atoms with E-state index in [9.17, 15) is 13.7 Å². The molecule has 1 N–H and O–H groups in total. The largest absolute Gasteiger partial charge is 0.598 e. The molecule has 1 heterocycles. The number of rotatable bonds is 6. The molecule has 130 valence electrons. The van der Waals surface area contributed by atoms with E-state index in [-0.39, 0.29) is 18.7 Å². The van der Waals surface area contributed by atoms with E-state index in [1.807, 2.05) is 0 Å². The lowest BCUT2D eigenvalue weighted by Gasteiger charge is -2.34. The molecule has 23 heavy (non-hydrogen) atoms. The Hall–Kier alpha value is -0.700. The van der Waals surface area contributed by atoms with E-state index in [2.05, 4.69) is 25.6 Å². The number of carbonyl (C=O) groups excluding carboxylic acids is 1. The first kappa shape index (κ1) is 20.3. The van der Waals surface area contributed by atoms with Gasteiger partial charge in [0.15, 0.2) is 0 Å². The third kappa shape index (κ3) is 5.70. The van der Waals surface area contributed by atoms with Gasteiger partial charge < -0.3 is 9.29 Å². The van der Waals surface area contributed by atoms with E-state index in [1.165, 1.54) is 12.1 Å². The Morgan fingerprint density at radius 3 is 2.57 bits per heavy atom. The van der Waals surface area contributed by atoms with Crippen molar-refractivity contribution in [2.45, 2.75) is 51.3 Å². The van der Waals surface area contributed by atoms with Crippen molar-refractivity contribution < 1.29 is 18.5 Å². The molecule has 0 saturated heterocycles. The Morgan fingerprint density at radius 1 is 1.43 bits per heavy atom. The summed E-state index contributed by atoms with van der Waals surface area (Å²) < 4.78 is 34.4. The van der Waals surface area contributed by atoms with Gasteiger partial charge >= 0.3 is 5.97 Å². The first-order chi connectivity index (χ1) is 10.5. The van der Waals surface area contributed by atoms with Gasteiger partial charge in [-0.25, -0.2) is 9.37 Å². The van der Waals surface area contributed by atoms with E-state index < -0.39 is 33.4 Å². The highest BCUT2D eigenvalue weighted by atomic mass is 79.9. The van der Waals surface area contributed by atoms with Gasteiger partial charge in [-0.1, -0.05) is 0 Å². The van der Waals surface area contributed by atoms with Crippen molar-refractivity contribution in [2.24, 2.45) is 0 Å². The lowest BCUT2D eigenvalue weighted by atomic mass is 9.94. The zero-order valence-electron chi connectivity index (χ0n) is 13.9. The molecule has 0 aliphatic rings. The molecule has 8 heteroatoms. The van der Waals surface area contributed by atoms with Crippen molar-refractivity contribution in [2.75, 3.05) is 6.61 Å². The van der Waals surface area contributed by atoms with Gasteiger partial charge in [0.25, 0.3) is 0 Å². The van der Waals surface area contributed by atoms with Crippen LogP contribution in [0.4, 0.5) is 4.39 Å². The first-order valence-corrected chi connectivity index (χ1v) is 9.11. The highest BCUT2D eigenvalue weighted by Crippen LogP contribution is 2.30. The van der Waals surface area contributed by atoms with E-state index in [0.29, 0.717) is 4.60 Å². The standard InChI is InChI=1S/C15H22BrFN2O3S/c1-6-22-12(20)9-15(5,19-23(21)14(2,3)4)13-10(17)7-8-11(16)18-13/h7-8,19H,6,9H2,1-5H3/t15-,23+/m0/s1. The fourth-order valence-electron chi connectivity index (χ4n) is 1.83. The highest BCUT2D eigenvalue weighted by Gasteiger charge is 2.42. The van der Waals surface area contributed by atoms with Gasteiger partial charge in [-0.05, 0) is 62.7 Å². The van der Waals surface area contributed by atoms with Gasteiger partial charge in [0.2, 0.25) is 0 Å². The molecule has 1 rings (SSSR count). The summed E-state index contributed by atoms with van der Waals surface area (Å²) >= 11 is 1.67. The number of hydrogen-bond acceptors (Lipinski definition) is 5. The minimum Gasteiger partial charge on any atom is -0.598 e. The van der Waals surface area contributed by atoms with Crippen LogP contribution in [0.1, 0.15) is 46.7 Å². The van der Waals surface area contributed by atoms with Crippen LogP contribution in [0.15, 0.2) is 16.7 Å². The number of nitrogens with one attached hydrogen (secondary N) is 1. The second-order valence-corrected chi connectivity index (χ2v) is 9.04. The smallest absolute Gasteiger partial charge is 0.308 e. The average Bonchev–Trinajstić information content (AvgIpc) is 2.40. The van der Waals surface area contributed by atoms with Crippen LogP contribution in [0.5, 0.6) is 0 Å². The summed E-state index contributed by atoms with van der Waals surface area (Å²) in [6, 6.07) is 2.71. The zero-order valence-corrected chi connectivity index (χ0v) is 16.3. The van der Waals surface area contributed by atoms with Crippen LogP contribution in [-0.2, 0) is 26.4 Å². The minimum absolute atomic E-state index is 0.0116. The van der Waals surface area contributed by atoms with Crippen molar-refractivity contribution >= 4 is 33.3 Å². The van der Waals surface area contributed by atoms with Crippen molar-refractivity contribution in [1.82, 2.24) is 9.71 Å². The number of hydrogen-bond donors (Lipinski definition) is 1. The fraction of sp³-hybridized carbons (Fsp3) is 0.600. The third-order valence-corrected chi connectivity index (χ3v) is 5.20. The normalized spacial score (nSPS) is 15.8. The molecule has 0 amide bonds. The first-order valence-electron chi connectivity index (χ1n) is 7.17. The molecule has 0 aliphatic heterocycles. The molecule has 2 atom stereocenters. The molecule has 1 aromatic rings. The Kier molecular flexibility index (Phi) is 7.00. The van der Waals surface area contributed by atoms with Gasteiger partial charge in [-0.2, -0.15) is 0 Å². The summed E-state index contributed by atoms with van der Waals surface area (Å²) in [5, 5.41) is 0. The van der Waals surface area contributed by atoms with E-state index >= 15 is 0 Å². The SMILES string of the molecule is CCOC(=O)C[C@](C)(N[S@+]([O-])C(C)(C)C)c1nc(Br)ccc1F.